The van der Waals surface area contributed by atoms with Gasteiger partial charge in [-0.3, -0.25) is 4.90 Å². The Balaban J connectivity index is 0. The van der Waals surface area contributed by atoms with Gasteiger partial charge in [0.1, 0.15) is 0 Å². The Hall–Kier alpha value is -1.64. The number of nitrogens with zero attached hydrogens (tertiary/aromatic N) is 1. The Morgan fingerprint density at radius 1 is 0.724 bits per heavy atom. The second kappa shape index (κ2) is 21.1. The van der Waals surface area contributed by atoms with Crippen LogP contribution in [-0.2, 0) is 6.54 Å². The molecule has 1 saturated heterocycles. The van der Waals surface area contributed by atoms with E-state index in [1.807, 2.05) is 85.7 Å². The van der Waals surface area contributed by atoms with E-state index in [2.05, 4.69) is 35.2 Å². The van der Waals surface area contributed by atoms with E-state index in [1.165, 1.54) is 5.56 Å². The van der Waals surface area contributed by atoms with Crippen molar-refractivity contribution in [1.82, 2.24) is 4.90 Å². The van der Waals surface area contributed by atoms with Gasteiger partial charge >= 0.3 is 0 Å². The van der Waals surface area contributed by atoms with E-state index in [-0.39, 0.29) is 6.10 Å². The van der Waals surface area contributed by atoms with E-state index in [0.29, 0.717) is 5.92 Å². The number of hydrogen-bond acceptors (Lipinski definition) is 2. The highest BCUT2D eigenvalue weighted by molar-refractivity contribution is 5.18. The molecule has 0 saturated carbocycles. The molecule has 1 aliphatic rings. The molecule has 0 aliphatic carbocycles. The number of likely N-dealkylation sites (tertiary alicyclic amines) is 1. The lowest BCUT2D eigenvalue weighted by atomic mass is 9.87. The summed E-state index contributed by atoms with van der Waals surface area (Å²) < 4.78 is 0. The Kier molecular flexibility index (Phi) is 21.5. The predicted molar refractivity (Wildman–Crippen MR) is 131 cm³/mol. The molecule has 29 heavy (non-hydrogen) atoms. The summed E-state index contributed by atoms with van der Waals surface area (Å²) in [6.45, 7) is 19.2. The summed E-state index contributed by atoms with van der Waals surface area (Å²) in [5.74, 6) is 0.388. The second-order valence-corrected chi connectivity index (χ2v) is 5.95. The fraction of sp³-hybridized carbons (Fsp3) is 0.556. The van der Waals surface area contributed by atoms with Crippen LogP contribution in [0.3, 0.4) is 0 Å². The minimum Gasteiger partial charge on any atom is -0.388 e. The highest BCUT2D eigenvalue weighted by atomic mass is 16.3. The first-order valence-electron chi connectivity index (χ1n) is 11.8. The Bertz CT molecular complexity index is 533. The molecule has 0 spiro atoms. The van der Waals surface area contributed by atoms with Crippen molar-refractivity contribution in [2.75, 3.05) is 13.1 Å². The normalized spacial score (nSPS) is 14.2. The number of piperidine rings is 1. The van der Waals surface area contributed by atoms with Crippen molar-refractivity contribution < 1.29 is 5.11 Å². The van der Waals surface area contributed by atoms with Crippen molar-refractivity contribution in [2.45, 2.75) is 80.9 Å². The molecule has 1 N–H and O–H groups in total. The Labute approximate surface area is 182 Å². The summed E-state index contributed by atoms with van der Waals surface area (Å²) in [6, 6.07) is 20.7. The lowest BCUT2D eigenvalue weighted by Crippen LogP contribution is -2.35. The molecule has 1 atom stereocenters. The molecule has 0 radical (unpaired) electrons. The van der Waals surface area contributed by atoms with Crippen molar-refractivity contribution in [3.8, 4) is 0 Å². The van der Waals surface area contributed by atoms with Crippen LogP contribution in [0.2, 0.25) is 0 Å². The average Bonchev–Trinajstić information content (AvgIpc) is 2.85. The van der Waals surface area contributed by atoms with Crippen LogP contribution >= 0.6 is 0 Å². The molecule has 1 fully saturated rings. The van der Waals surface area contributed by atoms with Crippen LogP contribution in [0, 0.1) is 5.92 Å². The van der Waals surface area contributed by atoms with Crippen LogP contribution in [0.4, 0.5) is 0 Å². The number of rotatable bonds is 4. The predicted octanol–water partition coefficient (Wildman–Crippen LogP) is 7.74. The zero-order valence-corrected chi connectivity index (χ0v) is 20.4. The molecule has 0 amide bonds. The number of aliphatic hydroxyl groups excluding tert-OH is 1. The Morgan fingerprint density at radius 3 is 1.59 bits per heavy atom. The topological polar surface area (TPSA) is 23.5 Å². The van der Waals surface area contributed by atoms with Crippen LogP contribution in [0.1, 0.15) is 85.5 Å². The molecule has 1 aliphatic heterocycles. The van der Waals surface area contributed by atoms with Gasteiger partial charge < -0.3 is 5.11 Å². The van der Waals surface area contributed by atoms with Gasteiger partial charge in [-0.2, -0.15) is 0 Å². The van der Waals surface area contributed by atoms with Crippen molar-refractivity contribution in [3.05, 3.63) is 71.8 Å². The second-order valence-electron chi connectivity index (χ2n) is 5.95. The van der Waals surface area contributed by atoms with Gasteiger partial charge in [0.15, 0.2) is 0 Å². The molecule has 1 heterocycles. The SMILES string of the molecule is CC.CC.CC.CC.OC(c1ccccc1)C1CCN(Cc2ccccc2)CC1. The van der Waals surface area contributed by atoms with Crippen molar-refractivity contribution >= 4 is 0 Å². The van der Waals surface area contributed by atoms with Gasteiger partial charge in [0, 0.05) is 6.54 Å². The number of benzene rings is 2. The standard InChI is InChI=1S/C19H23NO.4C2H6/c21-19(17-9-5-2-6-10-17)18-11-13-20(14-12-18)15-16-7-3-1-4-8-16;4*1-2/h1-10,18-19,21H,11-15H2;4*1-2H3. The van der Waals surface area contributed by atoms with Gasteiger partial charge in [-0.25, -0.2) is 0 Å². The van der Waals surface area contributed by atoms with Crippen molar-refractivity contribution in [1.29, 1.82) is 0 Å². The summed E-state index contributed by atoms with van der Waals surface area (Å²) in [6.07, 6.45) is 1.83. The van der Waals surface area contributed by atoms with Gasteiger partial charge in [0.05, 0.1) is 6.10 Å². The molecular formula is C27H47NO. The lowest BCUT2D eigenvalue weighted by molar-refractivity contribution is 0.0568. The smallest absolute Gasteiger partial charge is 0.0819 e. The molecule has 0 bridgehead atoms. The molecule has 2 nitrogen and oxygen atoms in total. The molecule has 166 valence electrons. The van der Waals surface area contributed by atoms with E-state index in [0.717, 1.165) is 38.0 Å². The van der Waals surface area contributed by atoms with Crippen LogP contribution in [0.25, 0.3) is 0 Å². The molecular weight excluding hydrogens is 354 g/mol. The zero-order chi connectivity index (χ0) is 22.5. The van der Waals surface area contributed by atoms with E-state index in [4.69, 9.17) is 0 Å². The monoisotopic (exact) mass is 401 g/mol. The summed E-state index contributed by atoms with van der Waals surface area (Å²) in [7, 11) is 0. The number of hydrogen-bond donors (Lipinski definition) is 1. The maximum atomic E-state index is 10.5. The summed E-state index contributed by atoms with van der Waals surface area (Å²) in [4.78, 5) is 2.49. The van der Waals surface area contributed by atoms with E-state index in [9.17, 15) is 5.11 Å². The van der Waals surface area contributed by atoms with E-state index < -0.39 is 0 Å². The van der Waals surface area contributed by atoms with Gasteiger partial charge in [0.25, 0.3) is 0 Å². The first-order chi connectivity index (χ1) is 14.3. The first kappa shape index (κ1) is 29.6. The van der Waals surface area contributed by atoms with Crippen LogP contribution in [0.5, 0.6) is 0 Å². The number of aliphatic hydroxyl groups is 1. The molecule has 2 aromatic carbocycles. The molecule has 2 aromatic rings. The van der Waals surface area contributed by atoms with Crippen LogP contribution in [0.15, 0.2) is 60.7 Å². The fourth-order valence-electron chi connectivity index (χ4n) is 3.19. The summed E-state index contributed by atoms with van der Waals surface area (Å²) in [5.41, 5.74) is 2.43. The zero-order valence-electron chi connectivity index (χ0n) is 20.4. The fourth-order valence-corrected chi connectivity index (χ4v) is 3.19. The summed E-state index contributed by atoms with van der Waals surface area (Å²) >= 11 is 0. The van der Waals surface area contributed by atoms with Crippen molar-refractivity contribution in [3.63, 3.8) is 0 Å². The van der Waals surface area contributed by atoms with Gasteiger partial charge in [0.2, 0.25) is 0 Å². The average molecular weight is 402 g/mol. The van der Waals surface area contributed by atoms with Crippen LogP contribution in [-0.4, -0.2) is 23.1 Å². The van der Waals surface area contributed by atoms with E-state index >= 15 is 0 Å². The van der Waals surface area contributed by atoms with Gasteiger partial charge in [-0.05, 0) is 43.0 Å². The van der Waals surface area contributed by atoms with Crippen LogP contribution < -0.4 is 0 Å². The molecule has 0 aromatic heterocycles. The van der Waals surface area contributed by atoms with Crippen molar-refractivity contribution in [2.24, 2.45) is 5.92 Å². The largest absolute Gasteiger partial charge is 0.388 e. The summed E-state index contributed by atoms with van der Waals surface area (Å²) in [5, 5.41) is 10.5. The third kappa shape index (κ3) is 11.8. The molecule has 3 rings (SSSR count). The molecule has 2 heteroatoms. The van der Waals surface area contributed by atoms with E-state index in [1.54, 1.807) is 0 Å². The minimum atomic E-state index is -0.315. The van der Waals surface area contributed by atoms with Gasteiger partial charge in [-0.15, -0.1) is 0 Å². The maximum Gasteiger partial charge on any atom is 0.0819 e. The quantitative estimate of drug-likeness (QED) is 0.566. The third-order valence-corrected chi connectivity index (χ3v) is 4.47. The molecule has 1 unspecified atom stereocenters. The van der Waals surface area contributed by atoms with Gasteiger partial charge in [-0.1, -0.05) is 116 Å². The lowest BCUT2D eigenvalue weighted by Gasteiger charge is -2.34. The highest BCUT2D eigenvalue weighted by Crippen LogP contribution is 2.30. The third-order valence-electron chi connectivity index (χ3n) is 4.47. The minimum absolute atomic E-state index is 0.315. The Morgan fingerprint density at radius 2 is 1.14 bits per heavy atom. The first-order valence-corrected chi connectivity index (χ1v) is 11.8. The highest BCUT2D eigenvalue weighted by Gasteiger charge is 2.25. The maximum absolute atomic E-state index is 10.5.